The molecule has 0 radical (unpaired) electrons. The highest BCUT2D eigenvalue weighted by Crippen LogP contribution is 2.09. The number of rotatable bonds is 9. The Morgan fingerprint density at radius 2 is 1.75 bits per heavy atom. The summed E-state index contributed by atoms with van der Waals surface area (Å²) in [6.07, 6.45) is 3.42. The van der Waals surface area contributed by atoms with Crippen LogP contribution in [-0.4, -0.2) is 49.1 Å². The highest BCUT2D eigenvalue weighted by Gasteiger charge is 2.14. The predicted molar refractivity (Wildman–Crippen MR) is 77.4 cm³/mol. The van der Waals surface area contributed by atoms with Crippen LogP contribution in [0.1, 0.15) is 34.1 Å². The van der Waals surface area contributed by atoms with E-state index in [1.807, 2.05) is 11.8 Å². The molecule has 2 unspecified atom stereocenters. The number of nitrogens with one attached hydrogen (secondary N) is 1. The van der Waals surface area contributed by atoms with Gasteiger partial charge in [-0.05, 0) is 52.6 Å². The lowest BCUT2D eigenvalue weighted by molar-refractivity contribution is 0.201. The molecule has 0 aromatic rings. The molecule has 2 atom stereocenters. The second-order valence-corrected chi connectivity index (χ2v) is 6.12. The molecule has 0 saturated carbocycles. The third-order valence-electron chi connectivity index (χ3n) is 3.09. The summed E-state index contributed by atoms with van der Waals surface area (Å²) < 4.78 is 0. The molecule has 0 rings (SSSR count). The predicted octanol–water partition coefficient (Wildman–Crippen LogP) is 2.69. The van der Waals surface area contributed by atoms with E-state index in [9.17, 15) is 0 Å². The Labute approximate surface area is 107 Å². The topological polar surface area (TPSA) is 15.3 Å². The molecule has 98 valence electrons. The summed E-state index contributed by atoms with van der Waals surface area (Å²) in [4.78, 5) is 2.49. The molecule has 0 saturated heterocycles. The van der Waals surface area contributed by atoms with Crippen molar-refractivity contribution in [3.05, 3.63) is 0 Å². The van der Waals surface area contributed by atoms with Gasteiger partial charge in [0.1, 0.15) is 0 Å². The Morgan fingerprint density at radius 1 is 1.12 bits per heavy atom. The summed E-state index contributed by atoms with van der Waals surface area (Å²) >= 11 is 1.93. The van der Waals surface area contributed by atoms with Crippen LogP contribution in [0.2, 0.25) is 0 Å². The zero-order valence-electron chi connectivity index (χ0n) is 11.9. The second-order valence-electron chi connectivity index (χ2n) is 5.21. The van der Waals surface area contributed by atoms with Crippen molar-refractivity contribution in [2.45, 2.75) is 46.2 Å². The highest BCUT2D eigenvalue weighted by atomic mass is 32.2. The molecular formula is C13H30N2S. The molecule has 0 aliphatic rings. The van der Waals surface area contributed by atoms with Crippen molar-refractivity contribution >= 4 is 11.8 Å². The summed E-state index contributed by atoms with van der Waals surface area (Å²) in [5, 5.41) is 3.51. The molecule has 16 heavy (non-hydrogen) atoms. The summed E-state index contributed by atoms with van der Waals surface area (Å²) in [5.41, 5.74) is 0. The lowest BCUT2D eigenvalue weighted by atomic mass is 10.1. The first-order valence-electron chi connectivity index (χ1n) is 6.40. The molecule has 0 heterocycles. The lowest BCUT2D eigenvalue weighted by Crippen LogP contribution is -2.40. The Balaban J connectivity index is 3.66. The summed E-state index contributed by atoms with van der Waals surface area (Å²) in [5.74, 6) is 1.98. The molecule has 0 aliphatic carbocycles. The SMILES string of the molecule is CSCC(C)N(C)C(C)CCNCC(C)C. The van der Waals surface area contributed by atoms with Gasteiger partial charge in [0.15, 0.2) is 0 Å². The average molecular weight is 246 g/mol. The van der Waals surface area contributed by atoms with Crippen molar-refractivity contribution in [1.29, 1.82) is 0 Å². The van der Waals surface area contributed by atoms with E-state index in [-0.39, 0.29) is 0 Å². The van der Waals surface area contributed by atoms with E-state index in [1.165, 1.54) is 12.2 Å². The Kier molecular flexibility index (Phi) is 9.47. The molecule has 0 bridgehead atoms. The molecule has 0 aliphatic heterocycles. The van der Waals surface area contributed by atoms with Gasteiger partial charge in [-0.25, -0.2) is 0 Å². The Bertz CT molecular complexity index is 162. The minimum Gasteiger partial charge on any atom is -0.316 e. The van der Waals surface area contributed by atoms with Gasteiger partial charge in [-0.15, -0.1) is 0 Å². The molecular weight excluding hydrogens is 216 g/mol. The van der Waals surface area contributed by atoms with Crippen LogP contribution >= 0.6 is 11.8 Å². The van der Waals surface area contributed by atoms with E-state index in [1.54, 1.807) is 0 Å². The minimum absolute atomic E-state index is 0.668. The molecule has 0 aromatic carbocycles. The smallest absolute Gasteiger partial charge is 0.0157 e. The van der Waals surface area contributed by atoms with Crippen molar-refractivity contribution in [1.82, 2.24) is 10.2 Å². The lowest BCUT2D eigenvalue weighted by Gasteiger charge is -2.30. The van der Waals surface area contributed by atoms with Crippen LogP contribution in [-0.2, 0) is 0 Å². The fraction of sp³-hybridized carbons (Fsp3) is 1.00. The van der Waals surface area contributed by atoms with E-state index in [4.69, 9.17) is 0 Å². The van der Waals surface area contributed by atoms with Gasteiger partial charge < -0.3 is 10.2 Å². The highest BCUT2D eigenvalue weighted by molar-refractivity contribution is 7.98. The van der Waals surface area contributed by atoms with E-state index < -0.39 is 0 Å². The van der Waals surface area contributed by atoms with Gasteiger partial charge in [-0.1, -0.05) is 13.8 Å². The molecule has 2 nitrogen and oxygen atoms in total. The largest absolute Gasteiger partial charge is 0.316 e. The number of hydrogen-bond acceptors (Lipinski definition) is 3. The average Bonchev–Trinajstić information content (AvgIpc) is 2.23. The fourth-order valence-electron chi connectivity index (χ4n) is 1.70. The third-order valence-corrected chi connectivity index (χ3v) is 3.91. The quantitative estimate of drug-likeness (QED) is 0.630. The maximum Gasteiger partial charge on any atom is 0.0157 e. The van der Waals surface area contributed by atoms with E-state index >= 15 is 0 Å². The molecule has 3 heteroatoms. The van der Waals surface area contributed by atoms with Crippen molar-refractivity contribution in [3.63, 3.8) is 0 Å². The first-order valence-corrected chi connectivity index (χ1v) is 7.80. The van der Waals surface area contributed by atoms with Gasteiger partial charge in [0.2, 0.25) is 0 Å². The van der Waals surface area contributed by atoms with Gasteiger partial charge >= 0.3 is 0 Å². The van der Waals surface area contributed by atoms with Gasteiger partial charge in [0.05, 0.1) is 0 Å². The first kappa shape index (κ1) is 16.3. The number of nitrogens with zero attached hydrogens (tertiary/aromatic N) is 1. The maximum absolute atomic E-state index is 3.51. The van der Waals surface area contributed by atoms with Gasteiger partial charge in [0.25, 0.3) is 0 Å². The van der Waals surface area contributed by atoms with Crippen LogP contribution in [0.4, 0.5) is 0 Å². The van der Waals surface area contributed by atoms with Crippen molar-refractivity contribution in [2.24, 2.45) is 5.92 Å². The molecule has 1 N–H and O–H groups in total. The summed E-state index contributed by atoms with van der Waals surface area (Å²) in [6.45, 7) is 11.4. The van der Waals surface area contributed by atoms with Crippen LogP contribution in [0.5, 0.6) is 0 Å². The van der Waals surface area contributed by atoms with E-state index in [0.29, 0.717) is 12.1 Å². The van der Waals surface area contributed by atoms with Gasteiger partial charge in [-0.3, -0.25) is 0 Å². The zero-order chi connectivity index (χ0) is 12.6. The van der Waals surface area contributed by atoms with Crippen LogP contribution < -0.4 is 5.32 Å². The monoisotopic (exact) mass is 246 g/mol. The van der Waals surface area contributed by atoms with Gasteiger partial charge in [0, 0.05) is 17.8 Å². The second kappa shape index (κ2) is 9.32. The van der Waals surface area contributed by atoms with Crippen molar-refractivity contribution in [2.75, 3.05) is 32.1 Å². The van der Waals surface area contributed by atoms with Crippen molar-refractivity contribution in [3.8, 4) is 0 Å². The minimum atomic E-state index is 0.668. The fourth-order valence-corrected chi connectivity index (χ4v) is 2.42. The molecule has 0 aromatic heterocycles. The molecule has 0 fully saturated rings. The summed E-state index contributed by atoms with van der Waals surface area (Å²) in [6, 6.07) is 1.34. The first-order chi connectivity index (χ1) is 7.49. The van der Waals surface area contributed by atoms with E-state index in [0.717, 1.165) is 19.0 Å². The van der Waals surface area contributed by atoms with Crippen LogP contribution in [0.3, 0.4) is 0 Å². The standard InChI is InChI=1S/C13H30N2S/c1-11(2)9-14-8-7-12(3)15(5)13(4)10-16-6/h11-14H,7-10H2,1-6H3. The van der Waals surface area contributed by atoms with Gasteiger partial charge in [-0.2, -0.15) is 11.8 Å². The van der Waals surface area contributed by atoms with E-state index in [2.05, 4.69) is 51.2 Å². The number of hydrogen-bond donors (Lipinski definition) is 1. The van der Waals surface area contributed by atoms with Crippen LogP contribution in [0.15, 0.2) is 0 Å². The Hall–Kier alpha value is 0.270. The van der Waals surface area contributed by atoms with Crippen LogP contribution in [0.25, 0.3) is 0 Å². The normalized spacial score (nSPS) is 15.8. The van der Waals surface area contributed by atoms with Crippen molar-refractivity contribution < 1.29 is 0 Å². The Morgan fingerprint density at radius 3 is 2.25 bits per heavy atom. The van der Waals surface area contributed by atoms with Crippen LogP contribution in [0, 0.1) is 5.92 Å². The zero-order valence-corrected chi connectivity index (χ0v) is 12.7. The molecule has 0 amide bonds. The third kappa shape index (κ3) is 7.53. The maximum atomic E-state index is 3.51. The summed E-state index contributed by atoms with van der Waals surface area (Å²) in [7, 11) is 2.24. The molecule has 0 spiro atoms. The number of thioether (sulfide) groups is 1.